The molecule has 0 saturated carbocycles. The van der Waals surface area contributed by atoms with Crippen LogP contribution in [-0.2, 0) is 0 Å². The Balaban J connectivity index is 1.53. The number of nitrogens with one attached hydrogen (secondary N) is 1. The number of methoxy groups -OCH3 is 1. The standard InChI is InChI=1S/C21H27N3O2S/c1-15(2)8-11-24-12-9-17(10-13-24)22-20(25)19-14-27-21(23-19)16-4-6-18(26-3)7-5-16/h4-8,14,17H,9-13H2,1-3H3,(H,22,25). The van der Waals surface area contributed by atoms with Crippen molar-refractivity contribution in [2.24, 2.45) is 0 Å². The van der Waals surface area contributed by atoms with Crippen LogP contribution in [0.25, 0.3) is 10.6 Å². The number of amides is 1. The number of aromatic nitrogens is 1. The topological polar surface area (TPSA) is 54.5 Å². The minimum absolute atomic E-state index is 0.0752. The highest BCUT2D eigenvalue weighted by Gasteiger charge is 2.21. The molecular weight excluding hydrogens is 358 g/mol. The Morgan fingerprint density at radius 2 is 2.00 bits per heavy atom. The molecule has 1 saturated heterocycles. The Morgan fingerprint density at radius 1 is 1.30 bits per heavy atom. The summed E-state index contributed by atoms with van der Waals surface area (Å²) in [5.74, 6) is 0.734. The maximum Gasteiger partial charge on any atom is 0.270 e. The number of carbonyl (C=O) groups is 1. The van der Waals surface area contributed by atoms with Gasteiger partial charge in [-0.1, -0.05) is 11.6 Å². The highest BCUT2D eigenvalue weighted by atomic mass is 32.1. The van der Waals surface area contributed by atoms with E-state index in [1.807, 2.05) is 29.6 Å². The summed E-state index contributed by atoms with van der Waals surface area (Å²) in [5, 5.41) is 5.83. The molecule has 1 aromatic carbocycles. The second-order valence-corrected chi connectivity index (χ2v) is 7.95. The molecule has 1 amide bonds. The van der Waals surface area contributed by atoms with E-state index < -0.39 is 0 Å². The zero-order chi connectivity index (χ0) is 19.2. The van der Waals surface area contributed by atoms with Crippen molar-refractivity contribution in [3.05, 3.63) is 47.0 Å². The number of nitrogens with zero attached hydrogens (tertiary/aromatic N) is 2. The van der Waals surface area contributed by atoms with Gasteiger partial charge in [-0.15, -0.1) is 11.3 Å². The normalized spacial score (nSPS) is 15.4. The molecule has 5 nitrogen and oxygen atoms in total. The van der Waals surface area contributed by atoms with Crippen LogP contribution in [0.4, 0.5) is 0 Å². The number of likely N-dealkylation sites (tertiary alicyclic amines) is 1. The van der Waals surface area contributed by atoms with E-state index in [1.54, 1.807) is 7.11 Å². The van der Waals surface area contributed by atoms with E-state index in [-0.39, 0.29) is 11.9 Å². The molecule has 144 valence electrons. The van der Waals surface area contributed by atoms with E-state index in [1.165, 1.54) is 16.9 Å². The fourth-order valence-corrected chi connectivity index (χ4v) is 3.88. The van der Waals surface area contributed by atoms with Crippen molar-refractivity contribution in [1.29, 1.82) is 0 Å². The lowest BCUT2D eigenvalue weighted by molar-refractivity contribution is 0.0910. The highest BCUT2D eigenvalue weighted by Crippen LogP contribution is 2.25. The van der Waals surface area contributed by atoms with Crippen molar-refractivity contribution >= 4 is 17.2 Å². The third-order valence-electron chi connectivity index (χ3n) is 4.75. The summed E-state index contributed by atoms with van der Waals surface area (Å²) in [6, 6.07) is 7.95. The molecule has 2 aromatic rings. The van der Waals surface area contributed by atoms with E-state index in [2.05, 4.69) is 35.1 Å². The van der Waals surface area contributed by atoms with Crippen molar-refractivity contribution in [3.63, 3.8) is 0 Å². The average molecular weight is 386 g/mol. The van der Waals surface area contributed by atoms with E-state index in [4.69, 9.17) is 4.74 Å². The molecule has 0 radical (unpaired) electrons. The summed E-state index contributed by atoms with van der Waals surface area (Å²) in [5.41, 5.74) is 2.84. The summed E-state index contributed by atoms with van der Waals surface area (Å²) in [6.45, 7) is 7.29. The minimum Gasteiger partial charge on any atom is -0.497 e. The number of hydrogen-bond acceptors (Lipinski definition) is 5. The third-order valence-corrected chi connectivity index (χ3v) is 5.65. The van der Waals surface area contributed by atoms with Gasteiger partial charge in [-0.3, -0.25) is 9.69 Å². The van der Waals surface area contributed by atoms with Crippen molar-refractivity contribution < 1.29 is 9.53 Å². The monoisotopic (exact) mass is 385 g/mol. The average Bonchev–Trinajstić information content (AvgIpc) is 3.18. The molecule has 1 N–H and O–H groups in total. The van der Waals surface area contributed by atoms with Gasteiger partial charge in [-0.05, 0) is 51.0 Å². The van der Waals surface area contributed by atoms with Gasteiger partial charge in [0.2, 0.25) is 0 Å². The predicted molar refractivity (Wildman–Crippen MR) is 110 cm³/mol. The Bertz CT molecular complexity index is 786. The van der Waals surface area contributed by atoms with Crippen molar-refractivity contribution in [1.82, 2.24) is 15.2 Å². The lowest BCUT2D eigenvalue weighted by Crippen LogP contribution is -2.44. The fourth-order valence-electron chi connectivity index (χ4n) is 3.08. The number of benzene rings is 1. The second-order valence-electron chi connectivity index (χ2n) is 7.10. The van der Waals surface area contributed by atoms with Crippen LogP contribution >= 0.6 is 11.3 Å². The largest absolute Gasteiger partial charge is 0.497 e. The van der Waals surface area contributed by atoms with Gasteiger partial charge in [-0.2, -0.15) is 0 Å². The predicted octanol–water partition coefficient (Wildman–Crippen LogP) is 3.98. The Kier molecular flexibility index (Phi) is 6.63. The summed E-state index contributed by atoms with van der Waals surface area (Å²) < 4.78 is 5.18. The summed E-state index contributed by atoms with van der Waals surface area (Å²) in [6.07, 6.45) is 4.23. The molecule has 6 heteroatoms. The van der Waals surface area contributed by atoms with Crippen molar-refractivity contribution in [3.8, 4) is 16.3 Å². The number of carbonyl (C=O) groups excluding carboxylic acids is 1. The number of thiazole rings is 1. The number of hydrogen-bond donors (Lipinski definition) is 1. The van der Waals surface area contributed by atoms with Crippen molar-refractivity contribution in [2.45, 2.75) is 32.7 Å². The van der Waals surface area contributed by atoms with Crippen LogP contribution in [0.2, 0.25) is 0 Å². The maximum atomic E-state index is 12.5. The first kappa shape index (κ1) is 19.6. The van der Waals surface area contributed by atoms with Crippen LogP contribution in [0.5, 0.6) is 5.75 Å². The molecule has 0 atom stereocenters. The Hall–Kier alpha value is -2.18. The molecule has 1 fully saturated rings. The molecule has 27 heavy (non-hydrogen) atoms. The van der Waals surface area contributed by atoms with Crippen LogP contribution in [0.3, 0.4) is 0 Å². The number of ether oxygens (including phenoxy) is 1. The van der Waals surface area contributed by atoms with Gasteiger partial charge in [0, 0.05) is 36.6 Å². The molecule has 0 bridgehead atoms. The quantitative estimate of drug-likeness (QED) is 0.764. The minimum atomic E-state index is -0.0752. The smallest absolute Gasteiger partial charge is 0.270 e. The van der Waals surface area contributed by atoms with Gasteiger partial charge in [0.15, 0.2) is 0 Å². The summed E-state index contributed by atoms with van der Waals surface area (Å²) in [4.78, 5) is 19.5. The lowest BCUT2D eigenvalue weighted by Gasteiger charge is -2.31. The van der Waals surface area contributed by atoms with Crippen LogP contribution in [0.15, 0.2) is 41.3 Å². The summed E-state index contributed by atoms with van der Waals surface area (Å²) in [7, 11) is 1.65. The van der Waals surface area contributed by atoms with Gasteiger partial charge < -0.3 is 10.1 Å². The third kappa shape index (κ3) is 5.40. The molecule has 3 rings (SSSR count). The van der Waals surface area contributed by atoms with Crippen LogP contribution < -0.4 is 10.1 Å². The second kappa shape index (κ2) is 9.15. The zero-order valence-corrected chi connectivity index (χ0v) is 17.0. The molecule has 0 aliphatic carbocycles. The number of rotatable bonds is 6. The Labute approximate surface area is 165 Å². The fraction of sp³-hybridized carbons (Fsp3) is 0.429. The lowest BCUT2D eigenvalue weighted by atomic mass is 10.0. The van der Waals surface area contributed by atoms with E-state index >= 15 is 0 Å². The van der Waals surface area contributed by atoms with Gasteiger partial charge in [-0.25, -0.2) is 4.98 Å². The first-order chi connectivity index (χ1) is 13.0. The molecular formula is C21H27N3O2S. The van der Waals surface area contributed by atoms with Gasteiger partial charge in [0.25, 0.3) is 5.91 Å². The summed E-state index contributed by atoms with van der Waals surface area (Å²) >= 11 is 1.49. The van der Waals surface area contributed by atoms with E-state index in [0.29, 0.717) is 5.69 Å². The van der Waals surface area contributed by atoms with Gasteiger partial charge in [0.1, 0.15) is 16.5 Å². The van der Waals surface area contributed by atoms with Crippen LogP contribution in [-0.4, -0.2) is 48.6 Å². The molecule has 2 heterocycles. The van der Waals surface area contributed by atoms with Crippen LogP contribution in [0.1, 0.15) is 37.2 Å². The number of allylic oxidation sites excluding steroid dienone is 1. The van der Waals surface area contributed by atoms with Crippen molar-refractivity contribution in [2.75, 3.05) is 26.7 Å². The van der Waals surface area contributed by atoms with Crippen LogP contribution in [0, 0.1) is 0 Å². The molecule has 0 unspecified atom stereocenters. The first-order valence-corrected chi connectivity index (χ1v) is 10.2. The van der Waals surface area contributed by atoms with Gasteiger partial charge in [0.05, 0.1) is 7.11 Å². The molecule has 1 aliphatic heterocycles. The van der Waals surface area contributed by atoms with E-state index in [9.17, 15) is 4.79 Å². The highest BCUT2D eigenvalue weighted by molar-refractivity contribution is 7.13. The van der Waals surface area contributed by atoms with E-state index in [0.717, 1.165) is 48.8 Å². The first-order valence-electron chi connectivity index (χ1n) is 9.31. The van der Waals surface area contributed by atoms with Gasteiger partial charge >= 0.3 is 0 Å². The zero-order valence-electron chi connectivity index (χ0n) is 16.2. The molecule has 0 spiro atoms. The molecule has 1 aliphatic rings. The number of piperidine rings is 1. The molecule has 1 aromatic heterocycles. The maximum absolute atomic E-state index is 12.5. The SMILES string of the molecule is COc1ccc(-c2nc(C(=O)NC3CCN(CC=C(C)C)CC3)cs2)cc1. The Morgan fingerprint density at radius 3 is 2.63 bits per heavy atom.